The van der Waals surface area contributed by atoms with Gasteiger partial charge in [0.25, 0.3) is 5.91 Å². The molecule has 0 aromatic carbocycles. The molecule has 0 radical (unpaired) electrons. The summed E-state index contributed by atoms with van der Waals surface area (Å²) in [6.07, 6.45) is 0. The third-order valence-electron chi connectivity index (χ3n) is 2.43. The Morgan fingerprint density at radius 1 is 1.69 bits per heavy atom. The molecule has 1 fully saturated rings. The summed E-state index contributed by atoms with van der Waals surface area (Å²) in [6.45, 7) is 4.59. The van der Waals surface area contributed by atoms with E-state index < -0.39 is 0 Å². The number of amides is 1. The van der Waals surface area contributed by atoms with Gasteiger partial charge in [-0.15, -0.1) is 23.7 Å². The lowest BCUT2D eigenvalue weighted by Gasteiger charge is -2.31. The summed E-state index contributed by atoms with van der Waals surface area (Å²) in [6, 6.07) is 2.28. The largest absolute Gasteiger partial charge is 0.335 e. The fraction of sp³-hybridized carbons (Fsp3) is 0.500. The second-order valence-corrected chi connectivity index (χ2v) is 5.56. The minimum absolute atomic E-state index is 0. The van der Waals surface area contributed by atoms with Crippen molar-refractivity contribution in [2.24, 2.45) is 0 Å². The van der Waals surface area contributed by atoms with E-state index >= 15 is 0 Å². The van der Waals surface area contributed by atoms with Crippen molar-refractivity contribution in [1.82, 2.24) is 10.2 Å². The van der Waals surface area contributed by atoms with E-state index in [1.54, 1.807) is 0 Å². The molecule has 1 aliphatic rings. The maximum absolute atomic E-state index is 12.0. The SMILES string of the molecule is C[C@H]1CN(C(=O)c2cc(Br)cs2)CCN1.Cl. The molecule has 3 nitrogen and oxygen atoms in total. The fourth-order valence-electron chi connectivity index (χ4n) is 1.70. The Labute approximate surface area is 114 Å². The number of carbonyl (C=O) groups is 1. The third kappa shape index (κ3) is 3.20. The zero-order chi connectivity index (χ0) is 10.8. The van der Waals surface area contributed by atoms with Gasteiger partial charge in [0.05, 0.1) is 4.88 Å². The number of piperazine rings is 1. The minimum Gasteiger partial charge on any atom is -0.335 e. The molecule has 1 aliphatic heterocycles. The van der Waals surface area contributed by atoms with Gasteiger partial charge in [-0.3, -0.25) is 4.79 Å². The predicted molar refractivity (Wildman–Crippen MR) is 72.6 cm³/mol. The Kier molecular flexibility index (Phi) is 5.24. The molecule has 2 rings (SSSR count). The van der Waals surface area contributed by atoms with Crippen LogP contribution in [0.5, 0.6) is 0 Å². The van der Waals surface area contributed by atoms with Gasteiger partial charge in [0.2, 0.25) is 0 Å². The van der Waals surface area contributed by atoms with Crippen molar-refractivity contribution < 1.29 is 4.79 Å². The van der Waals surface area contributed by atoms with Gasteiger partial charge in [0.15, 0.2) is 0 Å². The highest BCUT2D eigenvalue weighted by Gasteiger charge is 2.22. The highest BCUT2D eigenvalue weighted by Crippen LogP contribution is 2.21. The van der Waals surface area contributed by atoms with Crippen LogP contribution in [-0.4, -0.2) is 36.5 Å². The van der Waals surface area contributed by atoms with Crippen LogP contribution in [-0.2, 0) is 0 Å². The van der Waals surface area contributed by atoms with Crippen molar-refractivity contribution in [3.63, 3.8) is 0 Å². The summed E-state index contributed by atoms with van der Waals surface area (Å²) in [4.78, 5) is 14.8. The van der Waals surface area contributed by atoms with Gasteiger partial charge in [-0.05, 0) is 28.9 Å². The second-order valence-electron chi connectivity index (χ2n) is 3.74. The van der Waals surface area contributed by atoms with E-state index in [9.17, 15) is 4.79 Å². The number of halogens is 2. The summed E-state index contributed by atoms with van der Waals surface area (Å²) < 4.78 is 0.985. The first kappa shape index (κ1) is 14.0. The number of nitrogens with one attached hydrogen (secondary N) is 1. The minimum atomic E-state index is 0. The van der Waals surface area contributed by atoms with Crippen LogP contribution in [0.2, 0.25) is 0 Å². The molecule has 1 N–H and O–H groups in total. The molecule has 1 aromatic heterocycles. The van der Waals surface area contributed by atoms with E-state index in [0.29, 0.717) is 6.04 Å². The molecule has 1 saturated heterocycles. The van der Waals surface area contributed by atoms with Gasteiger partial charge < -0.3 is 10.2 Å². The van der Waals surface area contributed by atoms with Crippen LogP contribution in [0, 0.1) is 0 Å². The third-order valence-corrected chi connectivity index (χ3v) is 4.11. The van der Waals surface area contributed by atoms with Crippen LogP contribution in [0.25, 0.3) is 0 Å². The first-order valence-electron chi connectivity index (χ1n) is 4.93. The molecule has 0 spiro atoms. The molecule has 0 bridgehead atoms. The second kappa shape index (κ2) is 6.00. The average Bonchev–Trinajstić information content (AvgIpc) is 2.64. The summed E-state index contributed by atoms with van der Waals surface area (Å²) in [7, 11) is 0. The molecule has 0 unspecified atom stereocenters. The molecule has 2 heterocycles. The highest BCUT2D eigenvalue weighted by molar-refractivity contribution is 9.10. The van der Waals surface area contributed by atoms with Crippen LogP contribution in [0.1, 0.15) is 16.6 Å². The standard InChI is InChI=1S/C10H13BrN2OS.ClH/c1-7-5-13(3-2-12-7)10(14)9-4-8(11)6-15-9;/h4,6-7,12H,2-3,5H2,1H3;1H/t7-;/m0./s1. The highest BCUT2D eigenvalue weighted by atomic mass is 79.9. The van der Waals surface area contributed by atoms with Crippen molar-refractivity contribution in [2.45, 2.75) is 13.0 Å². The maximum Gasteiger partial charge on any atom is 0.264 e. The number of hydrogen-bond acceptors (Lipinski definition) is 3. The summed E-state index contributed by atoms with van der Waals surface area (Å²) in [5.74, 6) is 0.152. The topological polar surface area (TPSA) is 32.3 Å². The maximum atomic E-state index is 12.0. The van der Waals surface area contributed by atoms with Gasteiger partial charge in [-0.25, -0.2) is 0 Å². The van der Waals surface area contributed by atoms with E-state index in [-0.39, 0.29) is 18.3 Å². The van der Waals surface area contributed by atoms with E-state index in [2.05, 4.69) is 28.2 Å². The molecule has 90 valence electrons. The number of hydrogen-bond donors (Lipinski definition) is 1. The molecule has 0 saturated carbocycles. The van der Waals surface area contributed by atoms with Gasteiger partial charge >= 0.3 is 0 Å². The first-order valence-corrected chi connectivity index (χ1v) is 6.61. The number of rotatable bonds is 1. The van der Waals surface area contributed by atoms with Crippen molar-refractivity contribution in [3.05, 3.63) is 20.8 Å². The molecule has 0 aliphatic carbocycles. The molecular formula is C10H14BrClN2OS. The predicted octanol–water partition coefficient (Wildman–Crippen LogP) is 2.37. The van der Waals surface area contributed by atoms with E-state index in [1.165, 1.54) is 11.3 Å². The lowest BCUT2D eigenvalue weighted by atomic mass is 10.2. The smallest absolute Gasteiger partial charge is 0.264 e. The fourth-order valence-corrected chi connectivity index (χ4v) is 3.09. The molecule has 6 heteroatoms. The van der Waals surface area contributed by atoms with Crippen molar-refractivity contribution in [2.75, 3.05) is 19.6 Å². The summed E-state index contributed by atoms with van der Waals surface area (Å²) in [5.41, 5.74) is 0. The molecule has 1 atom stereocenters. The zero-order valence-corrected chi connectivity index (χ0v) is 12.1. The van der Waals surface area contributed by atoms with E-state index in [0.717, 1.165) is 29.0 Å². The van der Waals surface area contributed by atoms with E-state index in [4.69, 9.17) is 0 Å². The van der Waals surface area contributed by atoms with Crippen molar-refractivity contribution >= 4 is 45.6 Å². The van der Waals surface area contributed by atoms with Gasteiger partial charge in [-0.2, -0.15) is 0 Å². The van der Waals surface area contributed by atoms with Crippen LogP contribution in [0.4, 0.5) is 0 Å². The summed E-state index contributed by atoms with van der Waals surface area (Å²) in [5, 5.41) is 5.27. The van der Waals surface area contributed by atoms with Crippen LogP contribution < -0.4 is 5.32 Å². The quantitative estimate of drug-likeness (QED) is 0.860. The Balaban J connectivity index is 0.00000128. The Morgan fingerprint density at radius 3 is 3.00 bits per heavy atom. The lowest BCUT2D eigenvalue weighted by Crippen LogP contribution is -2.51. The van der Waals surface area contributed by atoms with Crippen LogP contribution in [0.15, 0.2) is 15.9 Å². The molecule has 16 heavy (non-hydrogen) atoms. The first-order chi connectivity index (χ1) is 7.16. The van der Waals surface area contributed by atoms with Gasteiger partial charge in [-0.1, -0.05) is 0 Å². The van der Waals surface area contributed by atoms with Crippen LogP contribution in [0.3, 0.4) is 0 Å². The molecule has 1 aromatic rings. The Hall–Kier alpha value is -0.100. The normalized spacial score (nSPS) is 20.4. The van der Waals surface area contributed by atoms with Crippen molar-refractivity contribution in [3.8, 4) is 0 Å². The monoisotopic (exact) mass is 324 g/mol. The molecular weight excluding hydrogens is 312 g/mol. The number of carbonyl (C=O) groups excluding carboxylic acids is 1. The average molecular weight is 326 g/mol. The van der Waals surface area contributed by atoms with Crippen LogP contribution >= 0.6 is 39.7 Å². The van der Waals surface area contributed by atoms with Gasteiger partial charge in [0.1, 0.15) is 0 Å². The van der Waals surface area contributed by atoms with Gasteiger partial charge in [0, 0.05) is 35.5 Å². The summed E-state index contributed by atoms with van der Waals surface area (Å²) >= 11 is 4.86. The zero-order valence-electron chi connectivity index (χ0n) is 8.90. The Bertz CT molecular complexity index is 371. The number of nitrogens with zero attached hydrogens (tertiary/aromatic N) is 1. The lowest BCUT2D eigenvalue weighted by molar-refractivity contribution is 0.0714. The van der Waals surface area contributed by atoms with Crippen molar-refractivity contribution in [1.29, 1.82) is 0 Å². The number of thiophene rings is 1. The van der Waals surface area contributed by atoms with E-state index in [1.807, 2.05) is 16.3 Å². The Morgan fingerprint density at radius 2 is 2.44 bits per heavy atom. The molecule has 1 amide bonds.